The number of hydrogen-bond acceptors (Lipinski definition) is 8. The number of hydrogen-bond donors (Lipinski definition) is 1. The van der Waals surface area contributed by atoms with Crippen molar-refractivity contribution in [3.8, 4) is 11.8 Å². The molecule has 118 valence electrons. The highest BCUT2D eigenvalue weighted by atomic mass is 32.2. The molecule has 0 saturated carbocycles. The summed E-state index contributed by atoms with van der Waals surface area (Å²) in [5.74, 6) is 0.779. The first-order valence-corrected chi connectivity index (χ1v) is 8.67. The zero-order chi connectivity index (χ0) is 16.0. The molecule has 0 aliphatic heterocycles. The summed E-state index contributed by atoms with van der Waals surface area (Å²) < 4.78 is 32.1. The van der Waals surface area contributed by atoms with E-state index in [0.29, 0.717) is 22.6 Å². The Labute approximate surface area is 128 Å². The number of hydrazone groups is 1. The Morgan fingerprint density at radius 3 is 2.29 bits per heavy atom. The molecule has 1 unspecified atom stereocenters. The van der Waals surface area contributed by atoms with Crippen LogP contribution in [0.15, 0.2) is 16.3 Å². The van der Waals surface area contributed by atoms with Crippen LogP contribution >= 0.6 is 11.8 Å². The van der Waals surface area contributed by atoms with Gasteiger partial charge in [-0.15, -0.1) is 0 Å². The fourth-order valence-electron chi connectivity index (χ4n) is 1.13. The third kappa shape index (κ3) is 6.17. The van der Waals surface area contributed by atoms with Crippen LogP contribution in [0.25, 0.3) is 0 Å². The van der Waals surface area contributed by atoms with Crippen LogP contribution in [-0.2, 0) is 10.0 Å². The molecule has 0 amide bonds. The summed E-state index contributed by atoms with van der Waals surface area (Å²) in [5, 5.41) is 4.14. The molecule has 0 aliphatic carbocycles. The SMILES string of the molecule is COc1cc(OC)nc(SC(C)C(C)=NNS(C)(=O)=O)n1. The van der Waals surface area contributed by atoms with Crippen molar-refractivity contribution in [2.24, 2.45) is 5.10 Å². The van der Waals surface area contributed by atoms with Crippen molar-refractivity contribution < 1.29 is 17.9 Å². The lowest BCUT2D eigenvalue weighted by molar-refractivity contribution is 0.364. The van der Waals surface area contributed by atoms with Crippen molar-refractivity contribution in [2.75, 3.05) is 20.5 Å². The van der Waals surface area contributed by atoms with Gasteiger partial charge in [-0.3, -0.25) is 0 Å². The van der Waals surface area contributed by atoms with Crippen molar-refractivity contribution in [1.29, 1.82) is 0 Å². The van der Waals surface area contributed by atoms with Crippen LogP contribution in [0.4, 0.5) is 0 Å². The molecule has 0 aromatic carbocycles. The number of thioether (sulfide) groups is 1. The van der Waals surface area contributed by atoms with Crippen molar-refractivity contribution in [1.82, 2.24) is 14.8 Å². The predicted molar refractivity (Wildman–Crippen MR) is 81.5 cm³/mol. The van der Waals surface area contributed by atoms with Crippen molar-refractivity contribution in [3.63, 3.8) is 0 Å². The molecule has 10 heteroatoms. The molecule has 21 heavy (non-hydrogen) atoms. The minimum atomic E-state index is -3.36. The van der Waals surface area contributed by atoms with E-state index in [1.165, 1.54) is 26.0 Å². The van der Waals surface area contributed by atoms with Crippen LogP contribution in [0.3, 0.4) is 0 Å². The molecular weight excluding hydrogens is 316 g/mol. The van der Waals surface area contributed by atoms with Gasteiger partial charge in [-0.2, -0.15) is 15.1 Å². The molecule has 0 bridgehead atoms. The van der Waals surface area contributed by atoms with Crippen LogP contribution in [0, 0.1) is 0 Å². The standard InChI is InChI=1S/C11H18N4O4S2/c1-7(14-15-21(5,16)17)8(2)20-11-12-9(18-3)6-10(13-11)19-4/h6,8,15H,1-5H3. The van der Waals surface area contributed by atoms with Gasteiger partial charge in [0.05, 0.1) is 26.5 Å². The number of rotatable bonds is 7. The van der Waals surface area contributed by atoms with E-state index in [-0.39, 0.29) is 5.25 Å². The molecular formula is C11H18N4O4S2. The normalized spacial score (nSPS) is 13.7. The summed E-state index contributed by atoms with van der Waals surface area (Å²) in [6.45, 7) is 3.58. The van der Waals surface area contributed by atoms with Crippen LogP contribution in [0.5, 0.6) is 11.8 Å². The number of sulfonamides is 1. The Morgan fingerprint density at radius 2 is 1.86 bits per heavy atom. The fourth-order valence-corrected chi connectivity index (χ4v) is 2.27. The van der Waals surface area contributed by atoms with Crippen molar-refractivity contribution in [2.45, 2.75) is 24.3 Å². The summed E-state index contributed by atoms with van der Waals surface area (Å²) in [6.07, 6.45) is 1.04. The molecule has 0 saturated heterocycles. The minimum Gasteiger partial charge on any atom is -0.481 e. The van der Waals surface area contributed by atoms with Crippen molar-refractivity contribution in [3.05, 3.63) is 6.07 Å². The van der Waals surface area contributed by atoms with Gasteiger partial charge in [0.15, 0.2) is 5.16 Å². The summed E-state index contributed by atoms with van der Waals surface area (Å²) in [4.78, 5) is 10.5. The zero-order valence-corrected chi connectivity index (χ0v) is 14.1. The lowest BCUT2D eigenvalue weighted by Crippen LogP contribution is -2.20. The Bertz CT molecular complexity index is 596. The number of nitrogens with zero attached hydrogens (tertiary/aromatic N) is 3. The summed E-state index contributed by atoms with van der Waals surface area (Å²) >= 11 is 1.31. The van der Waals surface area contributed by atoms with Gasteiger partial charge in [0.25, 0.3) is 0 Å². The first-order valence-electron chi connectivity index (χ1n) is 5.90. The first-order chi connectivity index (χ1) is 9.75. The van der Waals surface area contributed by atoms with E-state index >= 15 is 0 Å². The zero-order valence-electron chi connectivity index (χ0n) is 12.4. The molecule has 1 rings (SSSR count). The smallest absolute Gasteiger partial charge is 0.244 e. The van der Waals surface area contributed by atoms with Crippen LogP contribution < -0.4 is 14.3 Å². The van der Waals surface area contributed by atoms with E-state index in [0.717, 1.165) is 6.26 Å². The maximum Gasteiger partial charge on any atom is 0.244 e. The van der Waals surface area contributed by atoms with Gasteiger partial charge in [-0.25, -0.2) is 13.2 Å². The molecule has 0 aliphatic rings. The van der Waals surface area contributed by atoms with E-state index in [1.54, 1.807) is 13.0 Å². The fraction of sp³-hybridized carbons (Fsp3) is 0.545. The molecule has 1 N–H and O–H groups in total. The molecule has 1 heterocycles. The Morgan fingerprint density at radius 1 is 1.33 bits per heavy atom. The van der Waals surface area contributed by atoms with E-state index < -0.39 is 10.0 Å². The molecule has 1 aromatic rings. The van der Waals surface area contributed by atoms with Gasteiger partial charge in [0.2, 0.25) is 21.8 Å². The number of nitrogens with one attached hydrogen (secondary N) is 1. The summed E-state index contributed by atoms with van der Waals surface area (Å²) in [7, 11) is -0.360. The monoisotopic (exact) mass is 334 g/mol. The third-order valence-corrected chi connectivity index (χ3v) is 3.85. The first kappa shape index (κ1) is 17.5. The topological polar surface area (TPSA) is 103 Å². The predicted octanol–water partition coefficient (Wildman–Crippen LogP) is 0.899. The molecule has 1 atom stereocenters. The quantitative estimate of drug-likeness (QED) is 0.342. The van der Waals surface area contributed by atoms with E-state index in [4.69, 9.17) is 9.47 Å². The maximum atomic E-state index is 11.0. The second kappa shape index (κ2) is 7.46. The highest BCUT2D eigenvalue weighted by molar-refractivity contribution is 8.00. The largest absolute Gasteiger partial charge is 0.481 e. The molecule has 8 nitrogen and oxygen atoms in total. The summed E-state index contributed by atoms with van der Waals surface area (Å²) in [6, 6.07) is 1.57. The highest BCUT2D eigenvalue weighted by Crippen LogP contribution is 2.25. The van der Waals surface area contributed by atoms with Gasteiger partial charge >= 0.3 is 0 Å². The number of aromatic nitrogens is 2. The van der Waals surface area contributed by atoms with Gasteiger partial charge < -0.3 is 9.47 Å². The number of ether oxygens (including phenoxy) is 2. The van der Waals surface area contributed by atoms with E-state index in [2.05, 4.69) is 19.9 Å². The van der Waals surface area contributed by atoms with Crippen molar-refractivity contribution >= 4 is 27.5 Å². The van der Waals surface area contributed by atoms with E-state index in [9.17, 15) is 8.42 Å². The molecule has 0 fully saturated rings. The van der Waals surface area contributed by atoms with Gasteiger partial charge in [-0.1, -0.05) is 11.8 Å². The number of methoxy groups -OCH3 is 2. The van der Waals surface area contributed by atoms with Crippen LogP contribution in [0.2, 0.25) is 0 Å². The second-order valence-electron chi connectivity index (χ2n) is 4.11. The Hall–Kier alpha value is -1.55. The van der Waals surface area contributed by atoms with Gasteiger partial charge in [-0.05, 0) is 13.8 Å². The summed E-state index contributed by atoms with van der Waals surface area (Å²) in [5.41, 5.74) is 0.593. The molecule has 0 radical (unpaired) electrons. The van der Waals surface area contributed by atoms with Gasteiger partial charge in [0.1, 0.15) is 0 Å². The Kier molecular flexibility index (Phi) is 6.21. The van der Waals surface area contributed by atoms with Crippen LogP contribution in [-0.4, -0.2) is 49.8 Å². The minimum absolute atomic E-state index is 0.129. The lowest BCUT2D eigenvalue weighted by atomic mass is 10.3. The van der Waals surface area contributed by atoms with Gasteiger partial charge in [0, 0.05) is 11.0 Å². The molecule has 0 spiro atoms. The average molecular weight is 334 g/mol. The average Bonchev–Trinajstić information content (AvgIpc) is 2.43. The third-order valence-electron chi connectivity index (χ3n) is 2.34. The van der Waals surface area contributed by atoms with E-state index in [1.807, 2.05) is 6.92 Å². The highest BCUT2D eigenvalue weighted by Gasteiger charge is 2.13. The lowest BCUT2D eigenvalue weighted by Gasteiger charge is -2.11. The van der Waals surface area contributed by atoms with Crippen LogP contribution in [0.1, 0.15) is 13.8 Å². The molecule has 1 aromatic heterocycles. The Balaban J connectivity index is 2.85. The second-order valence-corrected chi connectivity index (χ2v) is 7.15. The maximum absolute atomic E-state index is 11.0.